The normalized spacial score (nSPS) is 11.1. The number of hydrogen-bond donors (Lipinski definition) is 0. The molecule has 7 heteroatoms. The Morgan fingerprint density at radius 1 is 1.04 bits per heavy atom. The van der Waals surface area contributed by atoms with E-state index in [1.54, 1.807) is 24.3 Å². The molecule has 0 unspecified atom stereocenters. The number of aromatic nitrogens is 2. The van der Waals surface area contributed by atoms with Crippen molar-refractivity contribution in [3.8, 4) is 0 Å². The lowest BCUT2D eigenvalue weighted by Crippen LogP contribution is -2.39. The van der Waals surface area contributed by atoms with Gasteiger partial charge in [0, 0.05) is 17.6 Å². The van der Waals surface area contributed by atoms with Crippen LogP contribution in [0, 0.1) is 11.6 Å². The van der Waals surface area contributed by atoms with Crippen molar-refractivity contribution in [1.29, 1.82) is 0 Å². The highest BCUT2D eigenvalue weighted by Gasteiger charge is 2.14. The van der Waals surface area contributed by atoms with E-state index >= 15 is 0 Å². The highest BCUT2D eigenvalue weighted by Crippen LogP contribution is 2.14. The standard InChI is InChI=1S/C16H11BrF2N2O2/c1-20-14-7-13(19)12(18)6-11(14)15(22)21(16(20)23)8-9-2-4-10(17)5-3-9/h2-7H,8H2,1H3. The smallest absolute Gasteiger partial charge is 0.296 e. The number of halogens is 3. The molecule has 0 saturated heterocycles. The zero-order chi connectivity index (χ0) is 16.7. The SMILES string of the molecule is Cn1c(=O)n(Cc2ccc(Br)cc2)c(=O)c2cc(F)c(F)cc21. The van der Waals surface area contributed by atoms with E-state index in [-0.39, 0.29) is 17.4 Å². The van der Waals surface area contributed by atoms with Crippen molar-refractivity contribution >= 4 is 26.8 Å². The maximum Gasteiger partial charge on any atom is 0.331 e. The summed E-state index contributed by atoms with van der Waals surface area (Å²) in [7, 11) is 1.42. The largest absolute Gasteiger partial charge is 0.331 e. The molecule has 1 aromatic heterocycles. The zero-order valence-corrected chi connectivity index (χ0v) is 13.6. The summed E-state index contributed by atoms with van der Waals surface area (Å²) >= 11 is 3.31. The van der Waals surface area contributed by atoms with Crippen LogP contribution in [0.5, 0.6) is 0 Å². The molecule has 4 nitrogen and oxygen atoms in total. The third-order valence-corrected chi connectivity index (χ3v) is 4.18. The summed E-state index contributed by atoms with van der Waals surface area (Å²) < 4.78 is 29.8. The minimum atomic E-state index is -1.12. The number of rotatable bonds is 2. The Hall–Kier alpha value is -2.28. The van der Waals surface area contributed by atoms with E-state index in [0.717, 1.165) is 31.3 Å². The Balaban J connectivity index is 2.25. The summed E-state index contributed by atoms with van der Waals surface area (Å²) in [5.74, 6) is -2.22. The van der Waals surface area contributed by atoms with Crippen LogP contribution in [0.3, 0.4) is 0 Å². The third kappa shape index (κ3) is 2.72. The van der Waals surface area contributed by atoms with Crippen molar-refractivity contribution in [2.24, 2.45) is 7.05 Å². The average Bonchev–Trinajstić information content (AvgIpc) is 2.53. The summed E-state index contributed by atoms with van der Waals surface area (Å²) in [6.45, 7) is 0.0493. The maximum atomic E-state index is 13.4. The van der Waals surface area contributed by atoms with E-state index in [4.69, 9.17) is 0 Å². The highest BCUT2D eigenvalue weighted by atomic mass is 79.9. The molecule has 3 rings (SSSR count). The Kier molecular flexibility index (Phi) is 3.89. The van der Waals surface area contributed by atoms with Crippen molar-refractivity contribution in [3.05, 3.63) is 78.9 Å². The summed E-state index contributed by atoms with van der Waals surface area (Å²) in [4.78, 5) is 24.9. The second kappa shape index (κ2) is 5.73. The fraction of sp³-hybridized carbons (Fsp3) is 0.125. The lowest BCUT2D eigenvalue weighted by atomic mass is 10.2. The lowest BCUT2D eigenvalue weighted by Gasteiger charge is -2.11. The van der Waals surface area contributed by atoms with Gasteiger partial charge in [-0.1, -0.05) is 28.1 Å². The number of benzene rings is 2. The van der Waals surface area contributed by atoms with Crippen LogP contribution in [0.2, 0.25) is 0 Å². The molecule has 1 heterocycles. The number of hydrogen-bond acceptors (Lipinski definition) is 2. The zero-order valence-electron chi connectivity index (χ0n) is 12.0. The van der Waals surface area contributed by atoms with Gasteiger partial charge in [0.2, 0.25) is 0 Å². The van der Waals surface area contributed by atoms with Gasteiger partial charge in [0.25, 0.3) is 5.56 Å². The average molecular weight is 381 g/mol. The van der Waals surface area contributed by atoms with Gasteiger partial charge in [-0.15, -0.1) is 0 Å². The van der Waals surface area contributed by atoms with Crippen LogP contribution < -0.4 is 11.2 Å². The molecule has 0 spiro atoms. The van der Waals surface area contributed by atoms with Gasteiger partial charge in [0.05, 0.1) is 17.4 Å². The van der Waals surface area contributed by atoms with Crippen LogP contribution >= 0.6 is 15.9 Å². The first-order chi connectivity index (χ1) is 10.9. The lowest BCUT2D eigenvalue weighted by molar-refractivity contribution is 0.509. The van der Waals surface area contributed by atoms with Gasteiger partial charge in [0.1, 0.15) is 0 Å². The topological polar surface area (TPSA) is 44.0 Å². The van der Waals surface area contributed by atoms with Crippen molar-refractivity contribution in [1.82, 2.24) is 9.13 Å². The quantitative estimate of drug-likeness (QED) is 0.686. The van der Waals surface area contributed by atoms with Crippen LogP contribution in [0.25, 0.3) is 10.9 Å². The summed E-state index contributed by atoms with van der Waals surface area (Å²) in [6, 6.07) is 8.81. The van der Waals surface area contributed by atoms with Crippen LogP contribution in [0.15, 0.2) is 50.5 Å². The molecular weight excluding hydrogens is 370 g/mol. The van der Waals surface area contributed by atoms with Gasteiger partial charge >= 0.3 is 5.69 Å². The van der Waals surface area contributed by atoms with E-state index in [2.05, 4.69) is 15.9 Å². The van der Waals surface area contributed by atoms with Gasteiger partial charge in [-0.25, -0.2) is 13.6 Å². The molecule has 3 aromatic rings. The number of fused-ring (bicyclic) bond motifs is 1. The van der Waals surface area contributed by atoms with E-state index in [0.29, 0.717) is 0 Å². The molecule has 0 aliphatic carbocycles. The van der Waals surface area contributed by atoms with Crippen LogP contribution in [0.1, 0.15) is 5.56 Å². The molecule has 0 fully saturated rings. The van der Waals surface area contributed by atoms with E-state index in [9.17, 15) is 18.4 Å². The fourth-order valence-corrected chi connectivity index (χ4v) is 2.68. The maximum absolute atomic E-state index is 13.4. The molecule has 23 heavy (non-hydrogen) atoms. The molecule has 0 radical (unpaired) electrons. The summed E-state index contributed by atoms with van der Waals surface area (Å²) in [5.41, 5.74) is -0.429. The van der Waals surface area contributed by atoms with E-state index in [1.807, 2.05) is 0 Å². The first-order valence-corrected chi connectivity index (χ1v) is 7.51. The van der Waals surface area contributed by atoms with Gasteiger partial charge in [0.15, 0.2) is 11.6 Å². The molecule has 0 aliphatic heterocycles. The Bertz CT molecular complexity index is 1020. The van der Waals surface area contributed by atoms with Crippen molar-refractivity contribution in [2.75, 3.05) is 0 Å². The summed E-state index contributed by atoms with van der Waals surface area (Å²) in [6.07, 6.45) is 0. The predicted octanol–water partition coefficient (Wildman–Crippen LogP) is 2.79. The highest BCUT2D eigenvalue weighted by molar-refractivity contribution is 9.10. The van der Waals surface area contributed by atoms with Crippen molar-refractivity contribution < 1.29 is 8.78 Å². The second-order valence-corrected chi connectivity index (χ2v) is 6.06. The third-order valence-electron chi connectivity index (χ3n) is 3.65. The summed E-state index contributed by atoms with van der Waals surface area (Å²) in [5, 5.41) is -0.0388. The number of aryl methyl sites for hydroxylation is 1. The molecule has 0 saturated carbocycles. The minimum absolute atomic E-state index is 0.0388. The van der Waals surface area contributed by atoms with Gasteiger partial charge < -0.3 is 0 Å². The van der Waals surface area contributed by atoms with Crippen LogP contribution in [-0.4, -0.2) is 9.13 Å². The Morgan fingerprint density at radius 2 is 1.65 bits per heavy atom. The predicted molar refractivity (Wildman–Crippen MR) is 86.6 cm³/mol. The molecule has 0 amide bonds. The molecule has 2 aromatic carbocycles. The van der Waals surface area contributed by atoms with Gasteiger partial charge in [-0.05, 0) is 23.8 Å². The van der Waals surface area contributed by atoms with Gasteiger partial charge in [-0.2, -0.15) is 0 Å². The minimum Gasteiger partial charge on any atom is -0.296 e. The molecule has 0 N–H and O–H groups in total. The first-order valence-electron chi connectivity index (χ1n) is 6.71. The first kappa shape index (κ1) is 15.6. The van der Waals surface area contributed by atoms with Crippen molar-refractivity contribution in [2.45, 2.75) is 6.54 Å². The monoisotopic (exact) mass is 380 g/mol. The Labute approximate surface area is 137 Å². The van der Waals surface area contributed by atoms with Crippen molar-refractivity contribution in [3.63, 3.8) is 0 Å². The van der Waals surface area contributed by atoms with Crippen LogP contribution in [-0.2, 0) is 13.6 Å². The van der Waals surface area contributed by atoms with Crippen LogP contribution in [0.4, 0.5) is 8.78 Å². The molecule has 0 atom stereocenters. The Morgan fingerprint density at radius 3 is 2.30 bits per heavy atom. The molecule has 118 valence electrons. The molecule has 0 bridgehead atoms. The van der Waals surface area contributed by atoms with E-state index in [1.165, 1.54) is 7.05 Å². The molecular formula is C16H11BrF2N2O2. The molecule has 0 aliphatic rings. The van der Waals surface area contributed by atoms with E-state index < -0.39 is 22.9 Å². The fourth-order valence-electron chi connectivity index (χ4n) is 2.41. The number of nitrogens with zero attached hydrogens (tertiary/aromatic N) is 2. The second-order valence-electron chi connectivity index (χ2n) is 5.14. The van der Waals surface area contributed by atoms with Gasteiger partial charge in [-0.3, -0.25) is 13.9 Å².